The molecule has 2 aromatic rings. The molecule has 106 valence electrons. The fraction of sp³-hybridized carbons (Fsp3) is 0.438. The summed E-state index contributed by atoms with van der Waals surface area (Å²) in [6, 6.07) is 6.49. The van der Waals surface area contributed by atoms with Crippen LogP contribution in [0.1, 0.15) is 19.8 Å². The molecule has 4 nitrogen and oxygen atoms in total. The van der Waals surface area contributed by atoms with E-state index in [1.54, 1.807) is 6.20 Å². The average molecular weight is 271 g/mol. The second-order valence-electron chi connectivity index (χ2n) is 5.51. The Balaban J connectivity index is 1.81. The van der Waals surface area contributed by atoms with Crippen molar-refractivity contribution in [1.82, 2.24) is 4.98 Å². The van der Waals surface area contributed by atoms with E-state index in [0.717, 1.165) is 48.2 Å². The van der Waals surface area contributed by atoms with Crippen molar-refractivity contribution in [2.24, 2.45) is 5.92 Å². The molecule has 1 aromatic heterocycles. The summed E-state index contributed by atoms with van der Waals surface area (Å²) in [5.74, 6) is 0.649. The first-order chi connectivity index (χ1) is 9.75. The van der Waals surface area contributed by atoms with Gasteiger partial charge < -0.3 is 15.8 Å². The minimum atomic E-state index is 0.403. The number of pyridine rings is 1. The predicted octanol–water partition coefficient (Wildman–Crippen LogP) is 3.04. The smallest absolute Gasteiger partial charge is 0.0630 e. The minimum Gasteiger partial charge on any atom is -0.397 e. The molecule has 0 radical (unpaired) electrons. The first-order valence-electron chi connectivity index (χ1n) is 7.22. The van der Waals surface area contributed by atoms with Gasteiger partial charge in [-0.05, 0) is 37.8 Å². The maximum atomic E-state index is 6.28. The molecule has 1 atom stereocenters. The fourth-order valence-corrected chi connectivity index (χ4v) is 2.90. The first-order valence-corrected chi connectivity index (χ1v) is 7.22. The lowest BCUT2D eigenvalue weighted by atomic mass is 9.92. The number of benzene rings is 1. The van der Waals surface area contributed by atoms with E-state index >= 15 is 0 Å². The maximum absolute atomic E-state index is 6.28. The van der Waals surface area contributed by atoms with Gasteiger partial charge in [0, 0.05) is 42.4 Å². The summed E-state index contributed by atoms with van der Waals surface area (Å²) < 4.78 is 5.42. The Kier molecular flexibility index (Phi) is 3.74. The number of anilines is 2. The van der Waals surface area contributed by atoms with Crippen molar-refractivity contribution in [2.75, 3.05) is 24.3 Å². The van der Waals surface area contributed by atoms with Crippen molar-refractivity contribution in [1.29, 1.82) is 0 Å². The number of hydrogen-bond acceptors (Lipinski definition) is 4. The summed E-state index contributed by atoms with van der Waals surface area (Å²) in [6.07, 6.45) is 5.86. The summed E-state index contributed by atoms with van der Waals surface area (Å²) in [5, 5.41) is 5.71. The number of nitrogens with zero attached hydrogens (tertiary/aromatic N) is 1. The third kappa shape index (κ3) is 2.56. The van der Waals surface area contributed by atoms with Crippen LogP contribution in [0, 0.1) is 5.92 Å². The zero-order chi connectivity index (χ0) is 13.9. The van der Waals surface area contributed by atoms with Gasteiger partial charge in [0.05, 0.1) is 11.4 Å². The van der Waals surface area contributed by atoms with E-state index in [-0.39, 0.29) is 0 Å². The summed E-state index contributed by atoms with van der Waals surface area (Å²) in [7, 11) is 0. The van der Waals surface area contributed by atoms with Crippen LogP contribution in [0.3, 0.4) is 0 Å². The molecule has 1 aliphatic rings. The lowest BCUT2D eigenvalue weighted by Gasteiger charge is -2.29. The van der Waals surface area contributed by atoms with Gasteiger partial charge in [0.2, 0.25) is 0 Å². The number of nitrogens with two attached hydrogens (primary N) is 1. The molecular formula is C16H21N3O. The van der Waals surface area contributed by atoms with E-state index in [0.29, 0.717) is 12.0 Å². The van der Waals surface area contributed by atoms with E-state index in [1.807, 2.05) is 12.3 Å². The average Bonchev–Trinajstić information content (AvgIpc) is 2.51. The van der Waals surface area contributed by atoms with Gasteiger partial charge in [-0.3, -0.25) is 4.98 Å². The Morgan fingerprint density at radius 3 is 2.90 bits per heavy atom. The van der Waals surface area contributed by atoms with Crippen LogP contribution < -0.4 is 11.1 Å². The summed E-state index contributed by atoms with van der Waals surface area (Å²) in [6.45, 7) is 3.97. The van der Waals surface area contributed by atoms with E-state index in [2.05, 4.69) is 29.4 Å². The van der Waals surface area contributed by atoms with Crippen molar-refractivity contribution < 1.29 is 4.74 Å². The molecule has 3 rings (SSSR count). The van der Waals surface area contributed by atoms with Crippen LogP contribution in [0.5, 0.6) is 0 Å². The van der Waals surface area contributed by atoms with Crippen LogP contribution >= 0.6 is 0 Å². The number of fused-ring (bicyclic) bond motifs is 1. The van der Waals surface area contributed by atoms with E-state index < -0.39 is 0 Å². The third-order valence-corrected chi connectivity index (χ3v) is 4.22. The van der Waals surface area contributed by atoms with Crippen molar-refractivity contribution in [3.05, 3.63) is 30.6 Å². The zero-order valence-electron chi connectivity index (χ0n) is 11.8. The van der Waals surface area contributed by atoms with E-state index in [9.17, 15) is 0 Å². The third-order valence-electron chi connectivity index (χ3n) is 4.22. The van der Waals surface area contributed by atoms with Crippen LogP contribution in [-0.2, 0) is 4.74 Å². The van der Waals surface area contributed by atoms with Gasteiger partial charge in [-0.25, -0.2) is 0 Å². The molecule has 0 spiro atoms. The molecule has 4 heteroatoms. The quantitative estimate of drug-likeness (QED) is 0.842. The van der Waals surface area contributed by atoms with E-state index in [1.165, 1.54) is 0 Å². The van der Waals surface area contributed by atoms with Crippen molar-refractivity contribution in [3.8, 4) is 0 Å². The van der Waals surface area contributed by atoms with E-state index in [4.69, 9.17) is 10.5 Å². The molecule has 1 aliphatic heterocycles. The van der Waals surface area contributed by atoms with Gasteiger partial charge in [-0.2, -0.15) is 0 Å². The lowest BCUT2D eigenvalue weighted by Crippen LogP contribution is -2.31. The number of nitrogens with one attached hydrogen (secondary N) is 1. The van der Waals surface area contributed by atoms with Crippen molar-refractivity contribution in [3.63, 3.8) is 0 Å². The Bertz CT molecular complexity index is 593. The van der Waals surface area contributed by atoms with Crippen LogP contribution in [-0.4, -0.2) is 24.2 Å². The maximum Gasteiger partial charge on any atom is 0.0630 e. The zero-order valence-corrected chi connectivity index (χ0v) is 11.8. The monoisotopic (exact) mass is 271 g/mol. The molecule has 0 saturated carbocycles. The standard InChI is InChI=1S/C16H21N3O/c1-11(12-5-8-20-9-6-12)19-15-3-2-13-10-18-7-4-14(13)16(15)17/h2-4,7,10-12,19H,5-6,8-9,17H2,1H3. The minimum absolute atomic E-state index is 0.403. The SMILES string of the molecule is CC(Nc1ccc2cnccc2c1N)C1CCOCC1. The molecule has 1 saturated heterocycles. The van der Waals surface area contributed by atoms with Crippen LogP contribution in [0.2, 0.25) is 0 Å². The van der Waals surface area contributed by atoms with Crippen LogP contribution in [0.15, 0.2) is 30.6 Å². The molecule has 0 amide bonds. The summed E-state index contributed by atoms with van der Waals surface area (Å²) >= 11 is 0. The highest BCUT2D eigenvalue weighted by Gasteiger charge is 2.21. The molecule has 0 aliphatic carbocycles. The fourth-order valence-electron chi connectivity index (χ4n) is 2.90. The molecule has 2 heterocycles. The number of ether oxygens (including phenoxy) is 1. The number of aromatic nitrogens is 1. The van der Waals surface area contributed by atoms with Gasteiger partial charge in [0.15, 0.2) is 0 Å². The number of hydrogen-bond donors (Lipinski definition) is 2. The molecule has 1 aromatic carbocycles. The number of nitrogen functional groups attached to an aromatic ring is 1. The predicted molar refractivity (Wildman–Crippen MR) is 82.8 cm³/mol. The number of rotatable bonds is 3. The normalized spacial score (nSPS) is 18.1. The van der Waals surface area contributed by atoms with Crippen molar-refractivity contribution in [2.45, 2.75) is 25.8 Å². The molecule has 1 unspecified atom stereocenters. The van der Waals surface area contributed by atoms with Crippen molar-refractivity contribution >= 4 is 22.1 Å². The first kappa shape index (κ1) is 13.2. The van der Waals surface area contributed by atoms with Gasteiger partial charge >= 0.3 is 0 Å². The summed E-state index contributed by atoms with van der Waals surface area (Å²) in [5.41, 5.74) is 8.11. The summed E-state index contributed by atoms with van der Waals surface area (Å²) in [4.78, 5) is 4.13. The van der Waals surface area contributed by atoms with Gasteiger partial charge in [-0.15, -0.1) is 0 Å². The van der Waals surface area contributed by atoms with Gasteiger partial charge in [0.25, 0.3) is 0 Å². The highest BCUT2D eigenvalue weighted by Crippen LogP contribution is 2.30. The topological polar surface area (TPSA) is 60.2 Å². The Hall–Kier alpha value is -1.81. The lowest BCUT2D eigenvalue weighted by molar-refractivity contribution is 0.0622. The van der Waals surface area contributed by atoms with Gasteiger partial charge in [0.1, 0.15) is 0 Å². The Morgan fingerprint density at radius 1 is 1.30 bits per heavy atom. The van der Waals surface area contributed by atoms with Crippen LogP contribution in [0.25, 0.3) is 10.8 Å². The Morgan fingerprint density at radius 2 is 2.10 bits per heavy atom. The molecule has 1 fully saturated rings. The second-order valence-corrected chi connectivity index (χ2v) is 5.51. The van der Waals surface area contributed by atoms with Gasteiger partial charge in [-0.1, -0.05) is 6.07 Å². The Labute approximate surface area is 119 Å². The van der Waals surface area contributed by atoms with Crippen LogP contribution in [0.4, 0.5) is 11.4 Å². The largest absolute Gasteiger partial charge is 0.397 e. The molecule has 0 bridgehead atoms. The highest BCUT2D eigenvalue weighted by molar-refractivity contribution is 5.98. The molecule has 20 heavy (non-hydrogen) atoms. The second kappa shape index (κ2) is 5.67. The highest BCUT2D eigenvalue weighted by atomic mass is 16.5. The molecular weight excluding hydrogens is 250 g/mol. The molecule has 3 N–H and O–H groups in total.